The maximum atomic E-state index is 11.8. The minimum Gasteiger partial charge on any atom is -0.352 e. The summed E-state index contributed by atoms with van der Waals surface area (Å²) in [7, 11) is 0. The molecule has 18 heavy (non-hydrogen) atoms. The van der Waals surface area contributed by atoms with Crippen LogP contribution in [0, 0.1) is 0 Å². The Morgan fingerprint density at radius 3 is 3.06 bits per heavy atom. The highest BCUT2D eigenvalue weighted by molar-refractivity contribution is 5.97. The van der Waals surface area contributed by atoms with Crippen LogP contribution in [0.2, 0.25) is 0 Å². The van der Waals surface area contributed by atoms with Crippen LogP contribution in [0.5, 0.6) is 0 Å². The fourth-order valence-electron chi connectivity index (χ4n) is 1.91. The number of carbonyl (C=O) groups excluding carboxylic acids is 2. The lowest BCUT2D eigenvalue weighted by Gasteiger charge is -2.17. The standard InChI is InChI=1S/C14H16N2O2/c1-2-3-8-15-14(18)11-4-6-12-10(9-11)5-7-13(17)16-12/h2,4,6,9H,1,3,5,7-8H2,(H,15,18)(H,16,17). The van der Waals surface area contributed by atoms with E-state index in [-0.39, 0.29) is 11.8 Å². The van der Waals surface area contributed by atoms with Crippen LogP contribution >= 0.6 is 0 Å². The number of fused-ring (bicyclic) bond motifs is 1. The Hall–Kier alpha value is -2.10. The molecule has 2 N–H and O–H groups in total. The highest BCUT2D eigenvalue weighted by Crippen LogP contribution is 2.23. The van der Waals surface area contributed by atoms with E-state index >= 15 is 0 Å². The van der Waals surface area contributed by atoms with Crippen LogP contribution in [0.25, 0.3) is 0 Å². The SMILES string of the molecule is C=CCCNC(=O)c1ccc2c(c1)CCC(=O)N2. The Kier molecular flexibility index (Phi) is 3.77. The molecule has 1 aromatic carbocycles. The van der Waals surface area contributed by atoms with Gasteiger partial charge in [0.15, 0.2) is 0 Å². The first-order valence-corrected chi connectivity index (χ1v) is 6.02. The number of hydrogen-bond donors (Lipinski definition) is 2. The summed E-state index contributed by atoms with van der Waals surface area (Å²) in [4.78, 5) is 23.1. The normalized spacial score (nSPS) is 13.4. The van der Waals surface area contributed by atoms with Gasteiger partial charge in [0.25, 0.3) is 5.91 Å². The van der Waals surface area contributed by atoms with Crippen molar-refractivity contribution in [3.8, 4) is 0 Å². The predicted molar refractivity (Wildman–Crippen MR) is 70.5 cm³/mol. The minimum absolute atomic E-state index is 0.0330. The van der Waals surface area contributed by atoms with Gasteiger partial charge >= 0.3 is 0 Å². The van der Waals surface area contributed by atoms with Crippen LogP contribution in [-0.2, 0) is 11.2 Å². The highest BCUT2D eigenvalue weighted by atomic mass is 16.2. The molecule has 1 aromatic rings. The number of carbonyl (C=O) groups is 2. The van der Waals surface area contributed by atoms with Crippen molar-refractivity contribution in [1.29, 1.82) is 0 Å². The van der Waals surface area contributed by atoms with Crippen molar-refractivity contribution in [3.05, 3.63) is 42.0 Å². The van der Waals surface area contributed by atoms with Crippen molar-refractivity contribution < 1.29 is 9.59 Å². The summed E-state index contributed by atoms with van der Waals surface area (Å²) in [5, 5.41) is 5.61. The first-order valence-electron chi connectivity index (χ1n) is 6.02. The molecule has 4 nitrogen and oxygen atoms in total. The second kappa shape index (κ2) is 5.49. The van der Waals surface area contributed by atoms with Crippen molar-refractivity contribution in [2.45, 2.75) is 19.3 Å². The molecule has 1 aliphatic heterocycles. The predicted octanol–water partition coefficient (Wildman–Crippen LogP) is 1.88. The smallest absolute Gasteiger partial charge is 0.251 e. The van der Waals surface area contributed by atoms with Gasteiger partial charge in [-0.25, -0.2) is 0 Å². The summed E-state index contributed by atoms with van der Waals surface area (Å²) in [6, 6.07) is 5.36. The van der Waals surface area contributed by atoms with E-state index in [1.165, 1.54) is 0 Å². The molecule has 1 heterocycles. The molecule has 1 aliphatic rings. The van der Waals surface area contributed by atoms with Gasteiger partial charge in [-0.15, -0.1) is 6.58 Å². The van der Waals surface area contributed by atoms with Gasteiger partial charge in [-0.1, -0.05) is 6.08 Å². The highest BCUT2D eigenvalue weighted by Gasteiger charge is 2.16. The van der Waals surface area contributed by atoms with Crippen molar-refractivity contribution >= 4 is 17.5 Å². The molecule has 0 aliphatic carbocycles. The zero-order valence-electron chi connectivity index (χ0n) is 10.2. The van der Waals surface area contributed by atoms with E-state index in [4.69, 9.17) is 0 Å². The van der Waals surface area contributed by atoms with E-state index in [0.717, 1.165) is 17.7 Å². The maximum absolute atomic E-state index is 11.8. The summed E-state index contributed by atoms with van der Waals surface area (Å²) in [6.07, 6.45) is 3.69. The Bertz CT molecular complexity index is 495. The zero-order valence-corrected chi connectivity index (χ0v) is 10.2. The average molecular weight is 244 g/mol. The Balaban J connectivity index is 2.08. The molecule has 0 radical (unpaired) electrons. The van der Waals surface area contributed by atoms with Crippen LogP contribution in [0.15, 0.2) is 30.9 Å². The minimum atomic E-state index is -0.0865. The fourth-order valence-corrected chi connectivity index (χ4v) is 1.91. The third kappa shape index (κ3) is 2.77. The molecule has 2 rings (SSSR count). The third-order valence-electron chi connectivity index (χ3n) is 2.90. The van der Waals surface area contributed by atoms with Crippen molar-refractivity contribution in [1.82, 2.24) is 5.32 Å². The lowest BCUT2D eigenvalue weighted by atomic mass is 10.00. The Labute approximate surface area is 106 Å². The van der Waals surface area contributed by atoms with Gasteiger partial charge in [0.1, 0.15) is 0 Å². The lowest BCUT2D eigenvalue weighted by Crippen LogP contribution is -2.25. The summed E-state index contributed by atoms with van der Waals surface area (Å²) in [6.45, 7) is 4.20. The van der Waals surface area contributed by atoms with Gasteiger partial charge < -0.3 is 10.6 Å². The molecule has 0 bridgehead atoms. The molecule has 0 aromatic heterocycles. The number of nitrogens with one attached hydrogen (secondary N) is 2. The largest absolute Gasteiger partial charge is 0.352 e. The first kappa shape index (κ1) is 12.4. The lowest BCUT2D eigenvalue weighted by molar-refractivity contribution is -0.116. The number of anilines is 1. The van der Waals surface area contributed by atoms with Crippen molar-refractivity contribution in [3.63, 3.8) is 0 Å². The molecule has 0 saturated heterocycles. The monoisotopic (exact) mass is 244 g/mol. The molecule has 0 fully saturated rings. The molecule has 0 unspecified atom stereocenters. The van der Waals surface area contributed by atoms with E-state index in [1.54, 1.807) is 18.2 Å². The quantitative estimate of drug-likeness (QED) is 0.627. The number of hydrogen-bond acceptors (Lipinski definition) is 2. The second-order valence-corrected chi connectivity index (χ2v) is 4.25. The molecule has 4 heteroatoms. The van der Waals surface area contributed by atoms with E-state index < -0.39 is 0 Å². The van der Waals surface area contributed by atoms with Gasteiger partial charge in [0, 0.05) is 24.2 Å². The van der Waals surface area contributed by atoms with Crippen molar-refractivity contribution in [2.24, 2.45) is 0 Å². The van der Waals surface area contributed by atoms with Crippen LogP contribution in [0.3, 0.4) is 0 Å². The molecular weight excluding hydrogens is 228 g/mol. The molecule has 0 spiro atoms. The Morgan fingerprint density at radius 1 is 1.44 bits per heavy atom. The summed E-state index contributed by atoms with van der Waals surface area (Å²) in [5.41, 5.74) is 2.47. The van der Waals surface area contributed by atoms with Crippen LogP contribution in [0.1, 0.15) is 28.8 Å². The number of rotatable bonds is 4. The Morgan fingerprint density at radius 2 is 2.28 bits per heavy atom. The van der Waals surface area contributed by atoms with Gasteiger partial charge in [-0.05, 0) is 36.6 Å². The van der Waals surface area contributed by atoms with E-state index in [0.29, 0.717) is 24.9 Å². The van der Waals surface area contributed by atoms with Gasteiger partial charge in [-0.3, -0.25) is 9.59 Å². The summed E-state index contributed by atoms with van der Waals surface area (Å²) >= 11 is 0. The van der Waals surface area contributed by atoms with Gasteiger partial charge in [0.2, 0.25) is 5.91 Å². The van der Waals surface area contributed by atoms with Crippen LogP contribution < -0.4 is 10.6 Å². The van der Waals surface area contributed by atoms with Crippen molar-refractivity contribution in [2.75, 3.05) is 11.9 Å². The summed E-state index contributed by atoms with van der Waals surface area (Å²) in [5.74, 6) is -0.0535. The first-order chi connectivity index (χ1) is 8.70. The van der Waals surface area contributed by atoms with E-state index in [1.807, 2.05) is 6.07 Å². The number of amides is 2. The average Bonchev–Trinajstić information content (AvgIpc) is 2.38. The topological polar surface area (TPSA) is 58.2 Å². The van der Waals surface area contributed by atoms with Crippen LogP contribution in [0.4, 0.5) is 5.69 Å². The molecule has 0 atom stereocenters. The molecular formula is C14H16N2O2. The second-order valence-electron chi connectivity index (χ2n) is 4.25. The fraction of sp³-hybridized carbons (Fsp3) is 0.286. The molecule has 94 valence electrons. The number of benzene rings is 1. The third-order valence-corrected chi connectivity index (χ3v) is 2.90. The number of aryl methyl sites for hydroxylation is 1. The van der Waals surface area contributed by atoms with Gasteiger partial charge in [-0.2, -0.15) is 0 Å². The van der Waals surface area contributed by atoms with Gasteiger partial charge in [0.05, 0.1) is 0 Å². The van der Waals surface area contributed by atoms with E-state index in [2.05, 4.69) is 17.2 Å². The molecule has 2 amide bonds. The molecule has 0 saturated carbocycles. The van der Waals surface area contributed by atoms with E-state index in [9.17, 15) is 9.59 Å². The summed E-state index contributed by atoms with van der Waals surface area (Å²) < 4.78 is 0. The van der Waals surface area contributed by atoms with Crippen LogP contribution in [-0.4, -0.2) is 18.4 Å². The zero-order chi connectivity index (χ0) is 13.0. The maximum Gasteiger partial charge on any atom is 0.251 e.